The second-order valence-electron chi connectivity index (χ2n) is 8.09. The molecule has 0 saturated carbocycles. The molecule has 0 aromatic heterocycles. The number of anilines is 2. The number of amides is 2. The molecule has 0 radical (unpaired) electrons. The third-order valence-corrected chi connectivity index (χ3v) is 5.50. The summed E-state index contributed by atoms with van der Waals surface area (Å²) in [6, 6.07) is 7.00. The number of carbonyl (C=O) groups excluding carboxylic acids is 2. The van der Waals surface area contributed by atoms with Crippen LogP contribution in [0.25, 0.3) is 0 Å². The summed E-state index contributed by atoms with van der Waals surface area (Å²) in [7, 11) is -3.61. The zero-order chi connectivity index (χ0) is 26.7. The number of thiol groups is 1. The molecule has 0 unspecified atom stereocenters. The molecule has 2 rings (SSSR count). The fourth-order valence-electron chi connectivity index (χ4n) is 3.42. The Kier molecular flexibility index (Phi) is 12.3. The molecular formula is C22H29B2F2N3O6S. The van der Waals surface area contributed by atoms with Crippen LogP contribution in [0.5, 0.6) is 0 Å². The predicted molar refractivity (Wildman–Crippen MR) is 138 cm³/mol. The molecule has 9 nitrogen and oxygen atoms in total. The van der Waals surface area contributed by atoms with Gasteiger partial charge >= 0.3 is 14.2 Å². The smallest absolute Gasteiger partial charge is 0.423 e. The summed E-state index contributed by atoms with van der Waals surface area (Å²) >= 11 is 4.23. The average molecular weight is 523 g/mol. The summed E-state index contributed by atoms with van der Waals surface area (Å²) in [5.74, 6) is -1.76. The highest BCUT2D eigenvalue weighted by molar-refractivity contribution is 7.80. The van der Waals surface area contributed by atoms with Gasteiger partial charge in [0.15, 0.2) is 0 Å². The monoisotopic (exact) mass is 523 g/mol. The van der Waals surface area contributed by atoms with Gasteiger partial charge in [-0.2, -0.15) is 12.6 Å². The number of hydrogen-bond donors (Lipinski definition) is 7. The molecule has 2 amide bonds. The van der Waals surface area contributed by atoms with Gasteiger partial charge in [0.05, 0.1) is 11.4 Å². The summed E-state index contributed by atoms with van der Waals surface area (Å²) in [5.41, 5.74) is -0.153. The average Bonchev–Trinajstić information content (AvgIpc) is 2.81. The van der Waals surface area contributed by atoms with E-state index in [0.29, 0.717) is 38.2 Å². The van der Waals surface area contributed by atoms with Gasteiger partial charge in [-0.05, 0) is 61.1 Å². The van der Waals surface area contributed by atoms with E-state index >= 15 is 0 Å². The van der Waals surface area contributed by atoms with Gasteiger partial charge in [-0.3, -0.25) is 9.59 Å². The molecule has 0 aliphatic heterocycles. The third-order valence-electron chi connectivity index (χ3n) is 5.30. The van der Waals surface area contributed by atoms with Crippen molar-refractivity contribution in [1.82, 2.24) is 4.90 Å². The number of hydrogen-bond acceptors (Lipinski definition) is 8. The minimum Gasteiger partial charge on any atom is -0.423 e. The first-order chi connectivity index (χ1) is 17.1. The molecule has 2 aromatic carbocycles. The van der Waals surface area contributed by atoms with Crippen molar-refractivity contribution in [3.05, 3.63) is 48.0 Å². The summed E-state index contributed by atoms with van der Waals surface area (Å²) in [6.07, 6.45) is 1.22. The molecule has 0 bridgehead atoms. The van der Waals surface area contributed by atoms with Crippen molar-refractivity contribution in [2.75, 3.05) is 36.0 Å². The molecule has 0 fully saturated rings. The van der Waals surface area contributed by atoms with E-state index in [1.165, 1.54) is 24.3 Å². The Balaban J connectivity index is 1.74. The molecular weight excluding hydrogens is 494 g/mol. The third kappa shape index (κ3) is 9.88. The minimum absolute atomic E-state index is 0.0221. The molecule has 14 heteroatoms. The number of nitrogens with zero attached hydrogens (tertiary/aromatic N) is 1. The van der Waals surface area contributed by atoms with Crippen molar-refractivity contribution >= 4 is 61.0 Å². The Morgan fingerprint density at radius 3 is 1.53 bits per heavy atom. The lowest BCUT2D eigenvalue weighted by Crippen LogP contribution is -2.31. The van der Waals surface area contributed by atoms with Crippen LogP contribution in [-0.2, 0) is 9.59 Å². The lowest BCUT2D eigenvalue weighted by molar-refractivity contribution is -0.117. The Morgan fingerprint density at radius 1 is 0.778 bits per heavy atom. The molecule has 0 atom stereocenters. The van der Waals surface area contributed by atoms with E-state index in [-0.39, 0.29) is 35.1 Å². The van der Waals surface area contributed by atoms with Gasteiger partial charge in [-0.25, -0.2) is 8.78 Å². The topological polar surface area (TPSA) is 142 Å². The van der Waals surface area contributed by atoms with Crippen LogP contribution in [0.1, 0.15) is 25.7 Å². The molecule has 6 N–H and O–H groups in total. The van der Waals surface area contributed by atoms with Gasteiger partial charge in [-0.15, -0.1) is 0 Å². The first-order valence-electron chi connectivity index (χ1n) is 11.3. The molecule has 0 heterocycles. The first-order valence-corrected chi connectivity index (χ1v) is 12.0. The Hall–Kier alpha value is -2.48. The van der Waals surface area contributed by atoms with Crippen LogP contribution in [-0.4, -0.2) is 76.4 Å². The largest absolute Gasteiger partial charge is 0.488 e. The van der Waals surface area contributed by atoms with E-state index in [1.807, 2.05) is 4.90 Å². The molecule has 0 aliphatic carbocycles. The van der Waals surface area contributed by atoms with Gasteiger partial charge in [0.1, 0.15) is 11.6 Å². The zero-order valence-corrected chi connectivity index (χ0v) is 20.4. The first kappa shape index (κ1) is 29.7. The van der Waals surface area contributed by atoms with Crippen LogP contribution in [0.2, 0.25) is 0 Å². The summed E-state index contributed by atoms with van der Waals surface area (Å²) in [6.45, 7) is 1.73. The van der Waals surface area contributed by atoms with Crippen molar-refractivity contribution < 1.29 is 38.5 Å². The van der Waals surface area contributed by atoms with Crippen molar-refractivity contribution in [2.45, 2.75) is 25.7 Å². The van der Waals surface area contributed by atoms with Crippen LogP contribution in [0, 0.1) is 11.6 Å². The Labute approximate surface area is 214 Å². The van der Waals surface area contributed by atoms with Crippen molar-refractivity contribution in [2.24, 2.45) is 0 Å². The molecule has 0 saturated heterocycles. The summed E-state index contributed by atoms with van der Waals surface area (Å²) in [5, 5.41) is 41.2. The highest BCUT2D eigenvalue weighted by atomic mass is 32.1. The van der Waals surface area contributed by atoms with Crippen LogP contribution in [0.4, 0.5) is 20.2 Å². The lowest BCUT2D eigenvalue weighted by atomic mass is 9.80. The maximum atomic E-state index is 14.0. The second kappa shape index (κ2) is 14.9. The zero-order valence-electron chi connectivity index (χ0n) is 19.5. The van der Waals surface area contributed by atoms with E-state index in [9.17, 15) is 18.4 Å². The fourth-order valence-corrected chi connectivity index (χ4v) is 3.70. The van der Waals surface area contributed by atoms with Crippen molar-refractivity contribution in [3.63, 3.8) is 0 Å². The maximum Gasteiger partial charge on any atom is 0.488 e. The molecule has 2 aromatic rings. The van der Waals surface area contributed by atoms with Gasteiger partial charge in [0.2, 0.25) is 11.8 Å². The van der Waals surface area contributed by atoms with E-state index in [4.69, 9.17) is 20.1 Å². The maximum absolute atomic E-state index is 14.0. The Morgan fingerprint density at radius 2 is 1.19 bits per heavy atom. The minimum atomic E-state index is -1.80. The standard InChI is InChI=1S/C22H29B2F2N3O6S/c25-17-13-15(23(32)33)5-7-19(17)27-21(30)3-1-9-29(11-12-36)10-2-4-22(31)28-20-8-6-16(24(34)35)14-18(20)26/h5-8,13-14,32-36H,1-4,9-12H2,(H,27,30)(H,28,31). The lowest BCUT2D eigenvalue weighted by Gasteiger charge is -2.21. The summed E-state index contributed by atoms with van der Waals surface area (Å²) in [4.78, 5) is 26.4. The quantitative estimate of drug-likeness (QED) is 0.133. The molecule has 0 aliphatic rings. The van der Waals surface area contributed by atoms with Crippen molar-refractivity contribution in [1.29, 1.82) is 0 Å². The predicted octanol–water partition coefficient (Wildman–Crippen LogP) is -0.306. The number of nitrogens with one attached hydrogen (secondary N) is 2. The van der Waals surface area contributed by atoms with E-state index in [0.717, 1.165) is 12.1 Å². The molecule has 36 heavy (non-hydrogen) atoms. The Bertz CT molecular complexity index is 958. The number of benzene rings is 2. The van der Waals surface area contributed by atoms with E-state index in [2.05, 4.69) is 23.3 Å². The van der Waals surface area contributed by atoms with Crippen LogP contribution in [0.3, 0.4) is 0 Å². The van der Waals surface area contributed by atoms with Gasteiger partial charge in [0.25, 0.3) is 0 Å². The van der Waals surface area contributed by atoms with Crippen LogP contribution < -0.4 is 21.6 Å². The van der Waals surface area contributed by atoms with E-state index in [1.54, 1.807) is 0 Å². The SMILES string of the molecule is O=C(CCCN(CCS)CCCC(=O)Nc1ccc(B(O)O)cc1F)Nc1ccc(B(O)O)cc1F. The van der Waals surface area contributed by atoms with Gasteiger partial charge in [0, 0.05) is 25.1 Å². The van der Waals surface area contributed by atoms with Gasteiger partial charge < -0.3 is 35.6 Å². The fraction of sp³-hybridized carbons (Fsp3) is 0.364. The molecule has 194 valence electrons. The highest BCUT2D eigenvalue weighted by Crippen LogP contribution is 2.14. The number of rotatable bonds is 14. The normalized spacial score (nSPS) is 10.9. The van der Waals surface area contributed by atoms with Crippen LogP contribution >= 0.6 is 12.6 Å². The summed E-state index contributed by atoms with van der Waals surface area (Å²) < 4.78 is 28.0. The second-order valence-corrected chi connectivity index (χ2v) is 8.54. The van der Waals surface area contributed by atoms with Gasteiger partial charge in [-0.1, -0.05) is 12.1 Å². The number of halogens is 2. The highest BCUT2D eigenvalue weighted by Gasteiger charge is 2.16. The van der Waals surface area contributed by atoms with E-state index < -0.39 is 37.7 Å². The van der Waals surface area contributed by atoms with Crippen molar-refractivity contribution in [3.8, 4) is 0 Å². The number of carbonyl (C=O) groups is 2. The molecule has 0 spiro atoms. The van der Waals surface area contributed by atoms with Crippen LogP contribution in [0.15, 0.2) is 36.4 Å².